The molecule has 0 atom stereocenters. The minimum Gasteiger partial charge on any atom is -0.489 e. The van der Waals surface area contributed by atoms with E-state index >= 15 is 0 Å². The van der Waals surface area contributed by atoms with E-state index in [1.165, 1.54) is 22.8 Å². The second-order valence-corrected chi connectivity index (χ2v) is 9.65. The van der Waals surface area contributed by atoms with Gasteiger partial charge in [0.25, 0.3) is 0 Å². The fraction of sp³-hybridized carbons (Fsp3) is 0.355. The highest BCUT2D eigenvalue weighted by Crippen LogP contribution is 2.30. The maximum atomic E-state index is 14.2. The zero-order valence-corrected chi connectivity index (χ0v) is 21.4. The number of aliphatic imine (C=N–C) groups is 1. The van der Waals surface area contributed by atoms with E-state index in [-0.39, 0.29) is 6.61 Å². The Morgan fingerprint density at radius 3 is 2.61 bits per heavy atom. The van der Waals surface area contributed by atoms with Crippen molar-refractivity contribution >= 4 is 11.4 Å². The maximum absolute atomic E-state index is 14.2. The normalized spacial score (nSPS) is 15.0. The molecule has 186 valence electrons. The third-order valence-electron chi connectivity index (χ3n) is 6.93. The highest BCUT2D eigenvalue weighted by Gasteiger charge is 2.21. The van der Waals surface area contributed by atoms with Gasteiger partial charge in [-0.05, 0) is 99.1 Å². The summed E-state index contributed by atoms with van der Waals surface area (Å²) < 4.78 is 20.0. The average molecular weight is 484 g/mol. The first-order valence-corrected chi connectivity index (χ1v) is 12.7. The van der Waals surface area contributed by atoms with Crippen LogP contribution in [0.3, 0.4) is 0 Å². The molecule has 0 bridgehead atoms. The number of aryl methyl sites for hydroxylation is 2. The molecule has 3 aromatic rings. The van der Waals surface area contributed by atoms with Gasteiger partial charge in [0.2, 0.25) is 0 Å². The predicted octanol–water partition coefficient (Wildman–Crippen LogP) is 7.12. The van der Waals surface area contributed by atoms with Crippen molar-refractivity contribution in [2.24, 2.45) is 4.99 Å². The molecule has 3 aromatic carbocycles. The number of nitrogens with zero attached hydrogens (tertiary/aromatic N) is 3. The molecule has 4 rings (SSSR count). The van der Waals surface area contributed by atoms with Crippen LogP contribution in [0, 0.1) is 24.1 Å². The molecule has 0 radical (unpaired) electrons. The molecule has 0 unspecified atom stereocenters. The molecule has 0 spiro atoms. The largest absolute Gasteiger partial charge is 0.489 e. The van der Waals surface area contributed by atoms with Gasteiger partial charge in [-0.1, -0.05) is 37.3 Å². The molecule has 36 heavy (non-hydrogen) atoms. The highest BCUT2D eigenvalue weighted by molar-refractivity contribution is 5.86. The van der Waals surface area contributed by atoms with Crippen molar-refractivity contribution in [2.75, 3.05) is 19.6 Å². The Balaban J connectivity index is 1.30. The fourth-order valence-corrected chi connectivity index (χ4v) is 4.81. The average Bonchev–Trinajstić information content (AvgIpc) is 2.89. The van der Waals surface area contributed by atoms with Gasteiger partial charge in [-0.15, -0.1) is 0 Å². The predicted molar refractivity (Wildman–Crippen MR) is 144 cm³/mol. The van der Waals surface area contributed by atoms with E-state index < -0.39 is 5.82 Å². The lowest BCUT2D eigenvalue weighted by Crippen LogP contribution is -2.36. The third kappa shape index (κ3) is 6.59. The van der Waals surface area contributed by atoms with Crippen molar-refractivity contribution in [1.29, 1.82) is 5.26 Å². The number of ether oxygens (including phenoxy) is 1. The highest BCUT2D eigenvalue weighted by atomic mass is 19.1. The van der Waals surface area contributed by atoms with Crippen LogP contribution >= 0.6 is 0 Å². The zero-order valence-electron chi connectivity index (χ0n) is 21.4. The van der Waals surface area contributed by atoms with Gasteiger partial charge in [0, 0.05) is 17.8 Å². The molecule has 5 heteroatoms. The van der Waals surface area contributed by atoms with Crippen LogP contribution in [0.15, 0.2) is 65.7 Å². The Labute approximate surface area is 214 Å². The molecule has 1 saturated heterocycles. The number of rotatable bonds is 8. The molecular formula is C31H34FN3O. The lowest BCUT2D eigenvalue weighted by Gasteiger charge is -2.32. The monoisotopic (exact) mass is 483 g/mol. The first-order valence-electron chi connectivity index (χ1n) is 12.7. The Hall–Kier alpha value is -3.49. The van der Waals surface area contributed by atoms with Gasteiger partial charge in [0.15, 0.2) is 0 Å². The van der Waals surface area contributed by atoms with E-state index in [9.17, 15) is 4.39 Å². The van der Waals surface area contributed by atoms with E-state index in [1.54, 1.807) is 12.1 Å². The number of benzene rings is 3. The van der Waals surface area contributed by atoms with Gasteiger partial charge in [-0.3, -0.25) is 9.89 Å². The Bertz CT molecular complexity index is 1270. The number of hydrogen-bond donors (Lipinski definition) is 0. The van der Waals surface area contributed by atoms with E-state index in [4.69, 9.17) is 15.0 Å². The number of nitriles is 1. The van der Waals surface area contributed by atoms with Crippen LogP contribution in [0.5, 0.6) is 5.75 Å². The standard InChI is InChI=1S/C31H34FN3O/c1-4-24-9-11-31(22(2)16-24)34-23(3)20-35-14-12-26(13-15-35)27-6-5-7-29(18-27)36-21-28-10-8-25(19-33)17-30(28)32/h5-11,16-18,26H,4,12-15,20-21H2,1-3H3. The minimum atomic E-state index is -0.412. The molecule has 0 aliphatic carbocycles. The lowest BCUT2D eigenvalue weighted by atomic mass is 9.89. The van der Waals surface area contributed by atoms with Crippen LogP contribution in [-0.4, -0.2) is 30.2 Å². The smallest absolute Gasteiger partial charge is 0.131 e. The number of halogens is 1. The van der Waals surface area contributed by atoms with E-state index in [0.717, 1.165) is 56.0 Å². The first-order chi connectivity index (χ1) is 17.4. The summed E-state index contributed by atoms with van der Waals surface area (Å²) in [5.74, 6) is 0.813. The lowest BCUT2D eigenvalue weighted by molar-refractivity contribution is 0.238. The van der Waals surface area contributed by atoms with Crippen molar-refractivity contribution in [3.8, 4) is 11.8 Å². The van der Waals surface area contributed by atoms with Gasteiger partial charge in [-0.2, -0.15) is 5.26 Å². The molecule has 1 aliphatic rings. The molecule has 0 saturated carbocycles. The summed E-state index contributed by atoms with van der Waals surface area (Å²) in [5.41, 5.74) is 6.82. The Morgan fingerprint density at radius 1 is 1.11 bits per heavy atom. The van der Waals surface area contributed by atoms with Gasteiger partial charge in [-0.25, -0.2) is 4.39 Å². The number of hydrogen-bond acceptors (Lipinski definition) is 4. The second kappa shape index (κ2) is 12.0. The molecule has 0 amide bonds. The van der Waals surface area contributed by atoms with Gasteiger partial charge in [0.1, 0.15) is 18.2 Å². The zero-order chi connectivity index (χ0) is 25.5. The summed E-state index contributed by atoms with van der Waals surface area (Å²) in [7, 11) is 0. The summed E-state index contributed by atoms with van der Waals surface area (Å²) in [4.78, 5) is 7.38. The van der Waals surface area contributed by atoms with Crippen LogP contribution in [0.1, 0.15) is 60.4 Å². The van der Waals surface area contributed by atoms with Crippen LogP contribution in [0.2, 0.25) is 0 Å². The van der Waals surface area contributed by atoms with Gasteiger partial charge in [0.05, 0.1) is 17.3 Å². The third-order valence-corrected chi connectivity index (χ3v) is 6.93. The van der Waals surface area contributed by atoms with Crippen molar-refractivity contribution in [3.63, 3.8) is 0 Å². The summed E-state index contributed by atoms with van der Waals surface area (Å²) >= 11 is 0. The summed E-state index contributed by atoms with van der Waals surface area (Å²) in [6, 6.07) is 21.1. The second-order valence-electron chi connectivity index (χ2n) is 9.65. The first kappa shape index (κ1) is 25.6. The van der Waals surface area contributed by atoms with Crippen molar-refractivity contribution in [3.05, 3.63) is 94.3 Å². The SMILES string of the molecule is CCc1ccc(N=C(C)CN2CCC(c3cccc(OCc4ccc(C#N)cc4F)c3)CC2)c(C)c1. The van der Waals surface area contributed by atoms with Crippen LogP contribution < -0.4 is 4.74 Å². The van der Waals surface area contributed by atoms with Gasteiger partial charge >= 0.3 is 0 Å². The molecule has 1 aliphatic heterocycles. The fourth-order valence-electron chi connectivity index (χ4n) is 4.81. The maximum Gasteiger partial charge on any atom is 0.131 e. The topological polar surface area (TPSA) is 48.6 Å². The number of likely N-dealkylation sites (tertiary alicyclic amines) is 1. The molecule has 1 heterocycles. The van der Waals surface area contributed by atoms with Crippen LogP contribution in [-0.2, 0) is 13.0 Å². The molecule has 0 aromatic heterocycles. The molecule has 0 N–H and O–H groups in total. The van der Waals surface area contributed by atoms with Crippen LogP contribution in [0.25, 0.3) is 0 Å². The summed E-state index contributed by atoms with van der Waals surface area (Å²) in [6.07, 6.45) is 3.22. The van der Waals surface area contributed by atoms with Crippen molar-refractivity contribution in [2.45, 2.75) is 52.6 Å². The Morgan fingerprint density at radius 2 is 1.92 bits per heavy atom. The number of piperidine rings is 1. The summed E-state index contributed by atoms with van der Waals surface area (Å²) in [6.45, 7) is 9.53. The van der Waals surface area contributed by atoms with Gasteiger partial charge < -0.3 is 4.74 Å². The molecular weight excluding hydrogens is 449 g/mol. The Kier molecular flexibility index (Phi) is 8.51. The quantitative estimate of drug-likeness (QED) is 0.321. The van der Waals surface area contributed by atoms with Crippen LogP contribution in [0.4, 0.5) is 10.1 Å². The molecule has 1 fully saturated rings. The minimum absolute atomic E-state index is 0.138. The molecule has 4 nitrogen and oxygen atoms in total. The van der Waals surface area contributed by atoms with E-state index in [1.807, 2.05) is 18.2 Å². The van der Waals surface area contributed by atoms with E-state index in [2.05, 4.69) is 56.0 Å². The van der Waals surface area contributed by atoms with Crippen molar-refractivity contribution in [1.82, 2.24) is 4.90 Å². The summed E-state index contributed by atoms with van der Waals surface area (Å²) in [5, 5.41) is 8.90. The van der Waals surface area contributed by atoms with Crippen molar-refractivity contribution < 1.29 is 9.13 Å². The van der Waals surface area contributed by atoms with E-state index in [0.29, 0.717) is 17.0 Å².